The van der Waals surface area contributed by atoms with Crippen LogP contribution in [0.1, 0.15) is 31.1 Å². The summed E-state index contributed by atoms with van der Waals surface area (Å²) < 4.78 is 17.7. The van der Waals surface area contributed by atoms with Gasteiger partial charge >= 0.3 is 0 Å². The van der Waals surface area contributed by atoms with Gasteiger partial charge < -0.3 is 10.6 Å². The summed E-state index contributed by atoms with van der Waals surface area (Å²) >= 11 is 12.0. The second kappa shape index (κ2) is 13.2. The van der Waals surface area contributed by atoms with Gasteiger partial charge in [-0.2, -0.15) is 4.36 Å². The van der Waals surface area contributed by atoms with E-state index in [4.69, 9.17) is 23.2 Å². The average molecular weight is 645 g/mol. The fourth-order valence-electron chi connectivity index (χ4n) is 4.23. The van der Waals surface area contributed by atoms with E-state index in [1.165, 1.54) is 49.1 Å². The summed E-state index contributed by atoms with van der Waals surface area (Å²) in [5.41, 5.74) is 2.24. The molecule has 0 fully saturated rings. The standard InChI is InChI=1S/C32H23Cl2N5O4S/c1-44(43,39-31(41)22-14-16-35-17-15-22)28-5-3-2-4-25(28)20-6-8-21(9-7-20)30(40)37-27-12-10-23(33)18-26(27)32(42)38-29-13-11-24(34)19-36-29/h2-19H,1H3,(H,37,40)(H,36,38,42). The van der Waals surface area contributed by atoms with Crippen LogP contribution in [0.15, 0.2) is 119 Å². The van der Waals surface area contributed by atoms with E-state index in [0.29, 0.717) is 31.6 Å². The number of hydrogen-bond acceptors (Lipinski definition) is 6. The van der Waals surface area contributed by atoms with Crippen LogP contribution in [0, 0.1) is 0 Å². The van der Waals surface area contributed by atoms with Gasteiger partial charge in [0, 0.05) is 41.0 Å². The van der Waals surface area contributed by atoms with Crippen LogP contribution in [-0.4, -0.2) is 38.2 Å². The minimum absolute atomic E-state index is 0.135. The number of carbonyl (C=O) groups is 3. The molecule has 2 heterocycles. The molecule has 9 nitrogen and oxygen atoms in total. The summed E-state index contributed by atoms with van der Waals surface area (Å²) in [6.45, 7) is 0. The highest BCUT2D eigenvalue weighted by atomic mass is 35.5. The second-order valence-corrected chi connectivity index (χ2v) is 12.6. The Morgan fingerprint density at radius 2 is 1.48 bits per heavy atom. The third-order valence-corrected chi connectivity index (χ3v) is 8.53. The first-order valence-corrected chi connectivity index (χ1v) is 15.7. The molecule has 2 aromatic heterocycles. The Balaban J connectivity index is 1.37. The Kier molecular flexibility index (Phi) is 9.15. The maximum absolute atomic E-state index is 13.7. The molecule has 220 valence electrons. The van der Waals surface area contributed by atoms with Crippen molar-refractivity contribution in [2.45, 2.75) is 4.90 Å². The number of nitrogens with one attached hydrogen (secondary N) is 2. The monoisotopic (exact) mass is 643 g/mol. The summed E-state index contributed by atoms with van der Waals surface area (Å²) in [6, 6.07) is 24.2. The van der Waals surface area contributed by atoms with Crippen LogP contribution < -0.4 is 10.6 Å². The third-order valence-electron chi connectivity index (χ3n) is 6.38. The predicted octanol–water partition coefficient (Wildman–Crippen LogP) is 7.25. The highest BCUT2D eigenvalue weighted by Crippen LogP contribution is 2.29. The van der Waals surface area contributed by atoms with Crippen LogP contribution >= 0.6 is 23.2 Å². The van der Waals surface area contributed by atoms with Crippen LogP contribution in [0.25, 0.3) is 11.1 Å². The minimum atomic E-state index is -3.13. The molecule has 0 saturated heterocycles. The fraction of sp³-hybridized carbons (Fsp3) is 0.0312. The molecular weight excluding hydrogens is 621 g/mol. The van der Waals surface area contributed by atoms with Gasteiger partial charge in [-0.3, -0.25) is 19.4 Å². The van der Waals surface area contributed by atoms with Gasteiger partial charge in [0.2, 0.25) is 0 Å². The van der Waals surface area contributed by atoms with Gasteiger partial charge in [-0.1, -0.05) is 53.5 Å². The number of aromatic nitrogens is 2. The van der Waals surface area contributed by atoms with Gasteiger partial charge in [-0.05, 0) is 71.8 Å². The quantitative estimate of drug-likeness (QED) is 0.192. The van der Waals surface area contributed by atoms with Crippen LogP contribution in [0.3, 0.4) is 0 Å². The van der Waals surface area contributed by atoms with Crippen molar-refractivity contribution in [1.82, 2.24) is 9.97 Å². The van der Waals surface area contributed by atoms with E-state index in [1.807, 2.05) is 0 Å². The third kappa shape index (κ3) is 7.17. The number of benzene rings is 3. The van der Waals surface area contributed by atoms with Gasteiger partial charge in [0.05, 0.1) is 30.9 Å². The lowest BCUT2D eigenvalue weighted by Gasteiger charge is -2.13. The van der Waals surface area contributed by atoms with Crippen molar-refractivity contribution in [1.29, 1.82) is 0 Å². The molecule has 3 aromatic carbocycles. The SMILES string of the molecule is CS(=O)(=NC(=O)c1ccncc1)c1ccccc1-c1ccc(C(=O)Nc2ccc(Cl)cc2C(=O)Nc2ccc(Cl)cn2)cc1. The molecule has 0 saturated carbocycles. The minimum Gasteiger partial charge on any atom is -0.321 e. The summed E-state index contributed by atoms with van der Waals surface area (Å²) in [7, 11) is -3.13. The van der Waals surface area contributed by atoms with Crippen molar-refractivity contribution < 1.29 is 18.6 Å². The van der Waals surface area contributed by atoms with Gasteiger partial charge in [-0.15, -0.1) is 0 Å². The molecule has 0 aliphatic rings. The molecule has 1 unspecified atom stereocenters. The summed E-state index contributed by atoms with van der Waals surface area (Å²) in [6.07, 6.45) is 5.74. The lowest BCUT2D eigenvalue weighted by Crippen LogP contribution is -2.18. The maximum Gasteiger partial charge on any atom is 0.285 e. The molecule has 0 radical (unpaired) electrons. The number of nitrogens with zero attached hydrogens (tertiary/aromatic N) is 3. The molecule has 1 atom stereocenters. The van der Waals surface area contributed by atoms with Gasteiger partial charge in [0.25, 0.3) is 17.7 Å². The van der Waals surface area contributed by atoms with Crippen LogP contribution in [0.2, 0.25) is 10.0 Å². The summed E-state index contributed by atoms with van der Waals surface area (Å²) in [4.78, 5) is 47.2. The van der Waals surface area contributed by atoms with E-state index in [-0.39, 0.29) is 22.6 Å². The van der Waals surface area contributed by atoms with Crippen molar-refractivity contribution in [2.75, 3.05) is 16.9 Å². The van der Waals surface area contributed by atoms with E-state index in [1.54, 1.807) is 66.7 Å². The predicted molar refractivity (Wildman–Crippen MR) is 172 cm³/mol. The van der Waals surface area contributed by atoms with E-state index in [2.05, 4.69) is 25.0 Å². The van der Waals surface area contributed by atoms with Crippen molar-refractivity contribution in [3.05, 3.63) is 136 Å². The summed E-state index contributed by atoms with van der Waals surface area (Å²) in [5.74, 6) is -1.33. The average Bonchev–Trinajstić information content (AvgIpc) is 3.03. The first-order chi connectivity index (χ1) is 21.1. The molecule has 5 rings (SSSR count). The number of pyridine rings is 2. The number of amides is 3. The molecule has 3 amide bonds. The highest BCUT2D eigenvalue weighted by Gasteiger charge is 2.18. The molecule has 12 heteroatoms. The van der Waals surface area contributed by atoms with Crippen molar-refractivity contribution >= 4 is 62.2 Å². The number of halogens is 2. The zero-order chi connectivity index (χ0) is 31.3. The molecule has 0 aliphatic carbocycles. The van der Waals surface area contributed by atoms with Crippen molar-refractivity contribution in [3.63, 3.8) is 0 Å². The molecular formula is C32H23Cl2N5O4S. The van der Waals surface area contributed by atoms with Crippen LogP contribution in [-0.2, 0) is 9.73 Å². The number of anilines is 2. The number of rotatable bonds is 7. The Morgan fingerprint density at radius 1 is 0.773 bits per heavy atom. The first kappa shape index (κ1) is 30.6. The van der Waals surface area contributed by atoms with Crippen molar-refractivity contribution in [3.8, 4) is 11.1 Å². The van der Waals surface area contributed by atoms with Gasteiger partial charge in [0.1, 0.15) is 5.82 Å². The normalized spacial score (nSPS) is 12.1. The van der Waals surface area contributed by atoms with E-state index in [9.17, 15) is 18.6 Å². The smallest absolute Gasteiger partial charge is 0.285 e. The van der Waals surface area contributed by atoms with Gasteiger partial charge in [-0.25, -0.2) is 9.19 Å². The molecule has 2 N–H and O–H groups in total. The topological polar surface area (TPSA) is 130 Å². The molecule has 44 heavy (non-hydrogen) atoms. The summed E-state index contributed by atoms with van der Waals surface area (Å²) in [5, 5.41) is 6.14. The molecule has 0 spiro atoms. The lowest BCUT2D eigenvalue weighted by molar-refractivity contribution is 0.0999. The maximum atomic E-state index is 13.7. The Hall–Kier alpha value is -4.90. The zero-order valence-electron chi connectivity index (χ0n) is 23.0. The Bertz CT molecular complexity index is 1990. The number of carbonyl (C=O) groups excluding carboxylic acids is 3. The first-order valence-electron chi connectivity index (χ1n) is 13.0. The van der Waals surface area contributed by atoms with Crippen molar-refractivity contribution in [2.24, 2.45) is 4.36 Å². The lowest BCUT2D eigenvalue weighted by atomic mass is 10.0. The van der Waals surface area contributed by atoms with Crippen LogP contribution in [0.5, 0.6) is 0 Å². The largest absolute Gasteiger partial charge is 0.321 e. The highest BCUT2D eigenvalue weighted by molar-refractivity contribution is 7.93. The van der Waals surface area contributed by atoms with E-state index in [0.717, 1.165) is 0 Å². The second-order valence-electron chi connectivity index (χ2n) is 9.47. The molecule has 0 aliphatic heterocycles. The van der Waals surface area contributed by atoms with E-state index >= 15 is 0 Å². The fourth-order valence-corrected chi connectivity index (χ4v) is 5.96. The van der Waals surface area contributed by atoms with Crippen LogP contribution in [0.4, 0.5) is 11.5 Å². The zero-order valence-corrected chi connectivity index (χ0v) is 25.4. The number of hydrogen-bond donors (Lipinski definition) is 2. The molecule has 5 aromatic rings. The Labute approximate surface area is 263 Å². The molecule has 0 bridgehead atoms. The Morgan fingerprint density at radius 3 is 2.18 bits per heavy atom. The van der Waals surface area contributed by atoms with E-state index < -0.39 is 27.5 Å². The van der Waals surface area contributed by atoms with Gasteiger partial charge in [0.15, 0.2) is 0 Å².